The van der Waals surface area contributed by atoms with Crippen LogP contribution in [0.3, 0.4) is 0 Å². The molecule has 0 spiro atoms. The zero-order valence-corrected chi connectivity index (χ0v) is 11.8. The molecule has 0 aromatic carbocycles. The van der Waals surface area contributed by atoms with Crippen LogP contribution in [-0.2, 0) is 14.3 Å². The molecule has 0 aliphatic carbocycles. The minimum absolute atomic E-state index is 0.0314. The smallest absolute Gasteiger partial charge is 0.376 e. The summed E-state index contributed by atoms with van der Waals surface area (Å²) in [4.78, 5) is 33.1. The van der Waals surface area contributed by atoms with E-state index in [2.05, 4.69) is 4.74 Å². The summed E-state index contributed by atoms with van der Waals surface area (Å²) in [5.74, 6) is -2.60. The lowest BCUT2D eigenvalue weighted by atomic mass is 10.1. The fourth-order valence-corrected chi connectivity index (χ4v) is 0.899. The maximum atomic E-state index is 11.3. The average Bonchev–Trinajstić information content (AvgIpc) is 2.97. The SMILES string of the molecule is CC.CC.NCOC(=O)C(=O)CC(=O)c1ccco1. The molecular formula is C13H21NO5. The lowest BCUT2D eigenvalue weighted by molar-refractivity contribution is -0.153. The monoisotopic (exact) mass is 271 g/mol. The van der Waals surface area contributed by atoms with E-state index in [0.29, 0.717) is 0 Å². The molecule has 19 heavy (non-hydrogen) atoms. The average molecular weight is 271 g/mol. The summed E-state index contributed by atoms with van der Waals surface area (Å²) >= 11 is 0. The number of carbonyl (C=O) groups is 3. The lowest BCUT2D eigenvalue weighted by Crippen LogP contribution is -2.23. The number of rotatable bonds is 5. The number of furan rings is 1. The second kappa shape index (κ2) is 12.5. The van der Waals surface area contributed by atoms with Crippen LogP contribution in [0.5, 0.6) is 0 Å². The Morgan fingerprint density at radius 3 is 2.21 bits per heavy atom. The molecule has 1 aromatic heterocycles. The van der Waals surface area contributed by atoms with Gasteiger partial charge in [-0.15, -0.1) is 0 Å². The predicted octanol–water partition coefficient (Wildman–Crippen LogP) is 1.93. The van der Waals surface area contributed by atoms with E-state index in [9.17, 15) is 14.4 Å². The number of Topliss-reactive ketones (excluding diaryl/α,β-unsaturated/α-hetero) is 2. The standard InChI is InChI=1S/C9H9NO5.2C2H6/c10-5-15-9(13)7(12)4-6(11)8-2-1-3-14-8;2*1-2/h1-3H,4-5,10H2;2*1-2H3. The van der Waals surface area contributed by atoms with E-state index in [0.717, 1.165) is 0 Å². The number of nitrogens with two attached hydrogens (primary N) is 1. The highest BCUT2D eigenvalue weighted by Gasteiger charge is 2.21. The summed E-state index contributed by atoms with van der Waals surface area (Å²) in [7, 11) is 0. The number of carbonyl (C=O) groups excluding carboxylic acids is 3. The highest BCUT2D eigenvalue weighted by molar-refractivity contribution is 6.37. The summed E-state index contributed by atoms with van der Waals surface area (Å²) in [6, 6.07) is 2.92. The summed E-state index contributed by atoms with van der Waals surface area (Å²) in [6.07, 6.45) is 0.724. The Morgan fingerprint density at radius 1 is 1.21 bits per heavy atom. The normalized spacial score (nSPS) is 8.26. The molecule has 2 N–H and O–H groups in total. The molecule has 0 bridgehead atoms. The van der Waals surface area contributed by atoms with Crippen LogP contribution in [0, 0.1) is 0 Å². The molecule has 108 valence electrons. The zero-order valence-electron chi connectivity index (χ0n) is 11.8. The Hall–Kier alpha value is -1.95. The van der Waals surface area contributed by atoms with Crippen molar-refractivity contribution in [1.29, 1.82) is 0 Å². The van der Waals surface area contributed by atoms with Crippen molar-refractivity contribution in [3.8, 4) is 0 Å². The van der Waals surface area contributed by atoms with E-state index in [-0.39, 0.29) is 12.5 Å². The topological polar surface area (TPSA) is 99.6 Å². The van der Waals surface area contributed by atoms with Gasteiger partial charge in [0.1, 0.15) is 6.73 Å². The van der Waals surface area contributed by atoms with Gasteiger partial charge in [-0.3, -0.25) is 15.3 Å². The number of ether oxygens (including phenoxy) is 1. The van der Waals surface area contributed by atoms with E-state index in [1.165, 1.54) is 18.4 Å². The Kier molecular flexibility index (Phi) is 12.8. The van der Waals surface area contributed by atoms with E-state index < -0.39 is 24.0 Å². The fraction of sp³-hybridized carbons (Fsp3) is 0.462. The largest absolute Gasteiger partial charge is 0.461 e. The summed E-state index contributed by atoms with van der Waals surface area (Å²) < 4.78 is 8.99. The van der Waals surface area contributed by atoms with Gasteiger partial charge in [0, 0.05) is 0 Å². The van der Waals surface area contributed by atoms with Gasteiger partial charge in [-0.2, -0.15) is 0 Å². The molecule has 0 saturated heterocycles. The number of esters is 1. The van der Waals surface area contributed by atoms with Crippen molar-refractivity contribution in [2.75, 3.05) is 6.73 Å². The Bertz CT molecular complexity index is 370. The number of hydrogen-bond donors (Lipinski definition) is 1. The molecule has 0 aliphatic heterocycles. The molecule has 0 atom stereocenters. The van der Waals surface area contributed by atoms with Crippen molar-refractivity contribution in [2.45, 2.75) is 34.1 Å². The quantitative estimate of drug-likeness (QED) is 0.289. The van der Waals surface area contributed by atoms with Gasteiger partial charge in [-0.25, -0.2) is 4.79 Å². The van der Waals surface area contributed by atoms with Gasteiger partial charge in [0.15, 0.2) is 5.76 Å². The molecule has 0 fully saturated rings. The highest BCUT2D eigenvalue weighted by atomic mass is 16.5. The molecule has 1 heterocycles. The highest BCUT2D eigenvalue weighted by Crippen LogP contribution is 2.04. The van der Waals surface area contributed by atoms with Crippen LogP contribution in [0.25, 0.3) is 0 Å². The van der Waals surface area contributed by atoms with Gasteiger partial charge in [-0.1, -0.05) is 27.7 Å². The third-order valence-electron chi connectivity index (χ3n) is 1.56. The molecule has 6 nitrogen and oxygen atoms in total. The molecular weight excluding hydrogens is 250 g/mol. The van der Waals surface area contributed by atoms with Gasteiger partial charge < -0.3 is 9.15 Å². The van der Waals surface area contributed by atoms with Gasteiger partial charge in [0.05, 0.1) is 12.7 Å². The fourth-order valence-electron chi connectivity index (χ4n) is 0.899. The zero-order chi connectivity index (χ0) is 15.3. The van der Waals surface area contributed by atoms with Crippen molar-refractivity contribution in [1.82, 2.24) is 0 Å². The van der Waals surface area contributed by atoms with Gasteiger partial charge in [0.25, 0.3) is 0 Å². The van der Waals surface area contributed by atoms with Crippen LogP contribution in [0.15, 0.2) is 22.8 Å². The maximum Gasteiger partial charge on any atom is 0.376 e. The summed E-state index contributed by atoms with van der Waals surface area (Å²) in [5, 5.41) is 0. The van der Waals surface area contributed by atoms with Crippen molar-refractivity contribution in [2.24, 2.45) is 5.73 Å². The molecule has 1 aromatic rings. The second-order valence-corrected chi connectivity index (χ2v) is 2.60. The van der Waals surface area contributed by atoms with E-state index >= 15 is 0 Å². The molecule has 6 heteroatoms. The van der Waals surface area contributed by atoms with E-state index in [1.807, 2.05) is 27.7 Å². The molecule has 0 amide bonds. The first-order valence-corrected chi connectivity index (χ1v) is 6.12. The first kappa shape index (κ1) is 19.4. The first-order valence-electron chi connectivity index (χ1n) is 6.12. The van der Waals surface area contributed by atoms with Crippen LogP contribution in [-0.4, -0.2) is 24.3 Å². The Labute approximate surface area is 112 Å². The third kappa shape index (κ3) is 7.88. The van der Waals surface area contributed by atoms with E-state index in [4.69, 9.17) is 10.2 Å². The van der Waals surface area contributed by atoms with Crippen LogP contribution in [0.4, 0.5) is 0 Å². The number of hydrogen-bond acceptors (Lipinski definition) is 6. The van der Waals surface area contributed by atoms with Crippen molar-refractivity contribution in [3.05, 3.63) is 24.2 Å². The van der Waals surface area contributed by atoms with Crippen LogP contribution in [0.2, 0.25) is 0 Å². The van der Waals surface area contributed by atoms with Gasteiger partial charge in [-0.05, 0) is 12.1 Å². The van der Waals surface area contributed by atoms with Crippen LogP contribution < -0.4 is 5.73 Å². The molecule has 0 unspecified atom stereocenters. The maximum absolute atomic E-state index is 11.3. The third-order valence-corrected chi connectivity index (χ3v) is 1.56. The van der Waals surface area contributed by atoms with Crippen molar-refractivity contribution in [3.63, 3.8) is 0 Å². The molecule has 0 radical (unpaired) electrons. The minimum atomic E-state index is -1.11. The van der Waals surface area contributed by atoms with Crippen LogP contribution >= 0.6 is 0 Å². The number of ketones is 2. The second-order valence-electron chi connectivity index (χ2n) is 2.60. The van der Waals surface area contributed by atoms with E-state index in [1.54, 1.807) is 0 Å². The summed E-state index contributed by atoms with van der Waals surface area (Å²) in [5.41, 5.74) is 4.89. The lowest BCUT2D eigenvalue weighted by Gasteiger charge is -1.98. The summed E-state index contributed by atoms with van der Waals surface area (Å²) in [6.45, 7) is 7.61. The molecule has 1 rings (SSSR count). The van der Waals surface area contributed by atoms with Crippen molar-refractivity contribution >= 4 is 17.5 Å². The Balaban J connectivity index is 0. The Morgan fingerprint density at radius 2 is 1.79 bits per heavy atom. The minimum Gasteiger partial charge on any atom is -0.461 e. The van der Waals surface area contributed by atoms with Gasteiger partial charge >= 0.3 is 5.97 Å². The van der Waals surface area contributed by atoms with Gasteiger partial charge in [0.2, 0.25) is 11.6 Å². The van der Waals surface area contributed by atoms with Crippen LogP contribution in [0.1, 0.15) is 44.7 Å². The molecule has 0 aliphatic rings. The first-order chi connectivity index (χ1) is 9.15. The predicted molar refractivity (Wildman–Crippen MR) is 70.5 cm³/mol. The van der Waals surface area contributed by atoms with Crippen molar-refractivity contribution < 1.29 is 23.5 Å². The molecule has 0 saturated carbocycles.